The van der Waals surface area contributed by atoms with Crippen LogP contribution in [0.3, 0.4) is 0 Å². The van der Waals surface area contributed by atoms with Gasteiger partial charge in [-0.3, -0.25) is 9.80 Å². The van der Waals surface area contributed by atoms with Gasteiger partial charge in [0.1, 0.15) is 0 Å². The number of hydrogen-bond donors (Lipinski definition) is 0. The molecule has 5 heteroatoms. The number of sulfone groups is 1. The van der Waals surface area contributed by atoms with E-state index in [-0.39, 0.29) is 12.1 Å². The Kier molecular flexibility index (Phi) is 2.13. The van der Waals surface area contributed by atoms with Crippen molar-refractivity contribution in [2.45, 2.75) is 12.1 Å². The second-order valence-corrected chi connectivity index (χ2v) is 6.33. The van der Waals surface area contributed by atoms with Crippen molar-refractivity contribution in [3.63, 3.8) is 0 Å². The standard InChI is InChI=1S/C8H16N2O2S/c1-9-3-4-10(2)8-6-13(11,12)5-7(8)9/h7-8H,3-6H2,1-2H3/t7-,8+. The second-order valence-electron chi connectivity index (χ2n) is 4.17. The summed E-state index contributed by atoms with van der Waals surface area (Å²) in [7, 11) is 1.26. The molecule has 0 aromatic heterocycles. The first-order chi connectivity index (χ1) is 5.99. The van der Waals surface area contributed by atoms with E-state index in [2.05, 4.69) is 9.80 Å². The first kappa shape index (κ1) is 9.43. The molecule has 0 aromatic rings. The minimum Gasteiger partial charge on any atom is -0.300 e. The van der Waals surface area contributed by atoms with Gasteiger partial charge in [-0.15, -0.1) is 0 Å². The van der Waals surface area contributed by atoms with Crippen LogP contribution >= 0.6 is 0 Å². The maximum absolute atomic E-state index is 11.4. The molecule has 0 amide bonds. The fraction of sp³-hybridized carbons (Fsp3) is 1.00. The molecule has 0 bridgehead atoms. The molecular weight excluding hydrogens is 188 g/mol. The monoisotopic (exact) mass is 204 g/mol. The van der Waals surface area contributed by atoms with Gasteiger partial charge in [-0.05, 0) is 14.1 Å². The van der Waals surface area contributed by atoms with E-state index in [1.54, 1.807) is 0 Å². The third-order valence-electron chi connectivity index (χ3n) is 3.23. The van der Waals surface area contributed by atoms with Crippen LogP contribution in [0.2, 0.25) is 0 Å². The van der Waals surface area contributed by atoms with Gasteiger partial charge in [0.2, 0.25) is 0 Å². The van der Waals surface area contributed by atoms with Gasteiger partial charge in [0.25, 0.3) is 0 Å². The largest absolute Gasteiger partial charge is 0.300 e. The van der Waals surface area contributed by atoms with Crippen LogP contribution in [0.5, 0.6) is 0 Å². The summed E-state index contributed by atoms with van der Waals surface area (Å²) < 4.78 is 22.9. The SMILES string of the molecule is CN1CCN(C)[C@H]2CS(=O)(=O)C[C@H]21. The van der Waals surface area contributed by atoms with Crippen molar-refractivity contribution in [1.82, 2.24) is 9.80 Å². The maximum Gasteiger partial charge on any atom is 0.153 e. The third-order valence-corrected chi connectivity index (χ3v) is 4.93. The summed E-state index contributed by atoms with van der Waals surface area (Å²) in [6.07, 6.45) is 0. The number of piperazine rings is 1. The molecule has 0 aliphatic carbocycles. The summed E-state index contributed by atoms with van der Waals surface area (Å²) >= 11 is 0. The van der Waals surface area contributed by atoms with Crippen LogP contribution in [0.25, 0.3) is 0 Å². The van der Waals surface area contributed by atoms with Gasteiger partial charge in [-0.25, -0.2) is 8.42 Å². The minimum atomic E-state index is -2.78. The van der Waals surface area contributed by atoms with Crippen LogP contribution in [-0.2, 0) is 9.84 Å². The van der Waals surface area contributed by atoms with Crippen LogP contribution in [0, 0.1) is 0 Å². The summed E-state index contributed by atoms with van der Waals surface area (Å²) in [5, 5.41) is 0. The summed E-state index contributed by atoms with van der Waals surface area (Å²) in [5.41, 5.74) is 0. The predicted octanol–water partition coefficient (Wildman–Crippen LogP) is -0.971. The number of nitrogens with zero attached hydrogens (tertiary/aromatic N) is 2. The molecule has 0 spiro atoms. The van der Waals surface area contributed by atoms with E-state index in [0.29, 0.717) is 11.5 Å². The number of fused-ring (bicyclic) bond motifs is 1. The van der Waals surface area contributed by atoms with Crippen LogP contribution in [0.4, 0.5) is 0 Å². The van der Waals surface area contributed by atoms with Crippen LogP contribution in [0.1, 0.15) is 0 Å². The highest BCUT2D eigenvalue weighted by atomic mass is 32.2. The van der Waals surface area contributed by atoms with Gasteiger partial charge in [-0.1, -0.05) is 0 Å². The van der Waals surface area contributed by atoms with E-state index >= 15 is 0 Å². The Labute approximate surface area is 79.4 Å². The van der Waals surface area contributed by atoms with Gasteiger partial charge in [0, 0.05) is 25.2 Å². The Morgan fingerprint density at radius 3 is 1.77 bits per heavy atom. The minimum absolute atomic E-state index is 0.226. The van der Waals surface area contributed by atoms with Crippen LogP contribution < -0.4 is 0 Å². The van der Waals surface area contributed by atoms with Crippen molar-refractivity contribution in [2.24, 2.45) is 0 Å². The summed E-state index contributed by atoms with van der Waals surface area (Å²) in [5.74, 6) is 0.691. The molecule has 0 saturated carbocycles. The molecule has 2 saturated heterocycles. The number of hydrogen-bond acceptors (Lipinski definition) is 4. The Morgan fingerprint density at radius 1 is 1.00 bits per heavy atom. The first-order valence-electron chi connectivity index (χ1n) is 4.60. The zero-order chi connectivity index (χ0) is 9.64. The molecular formula is C8H16N2O2S. The molecule has 2 rings (SSSR count). The molecule has 0 unspecified atom stereocenters. The van der Waals surface area contributed by atoms with Crippen molar-refractivity contribution in [3.05, 3.63) is 0 Å². The molecule has 2 fully saturated rings. The lowest BCUT2D eigenvalue weighted by Crippen LogP contribution is -2.56. The first-order valence-corrected chi connectivity index (χ1v) is 6.43. The van der Waals surface area contributed by atoms with Gasteiger partial charge in [0.15, 0.2) is 9.84 Å². The normalized spacial score (nSPS) is 40.5. The highest BCUT2D eigenvalue weighted by Crippen LogP contribution is 2.24. The summed E-state index contributed by atoms with van der Waals surface area (Å²) in [4.78, 5) is 4.35. The second kappa shape index (κ2) is 2.93. The molecule has 76 valence electrons. The van der Waals surface area contributed by atoms with Gasteiger partial charge in [-0.2, -0.15) is 0 Å². The smallest absolute Gasteiger partial charge is 0.153 e. The Hall–Kier alpha value is -0.130. The van der Waals surface area contributed by atoms with Gasteiger partial charge < -0.3 is 0 Å². The van der Waals surface area contributed by atoms with Crippen molar-refractivity contribution in [3.8, 4) is 0 Å². The zero-order valence-corrected chi connectivity index (χ0v) is 8.92. The fourth-order valence-electron chi connectivity index (χ4n) is 2.30. The Bertz CT molecular complexity index is 277. The van der Waals surface area contributed by atoms with Crippen molar-refractivity contribution in [2.75, 3.05) is 38.7 Å². The summed E-state index contributed by atoms with van der Waals surface area (Å²) in [6.45, 7) is 1.96. The molecule has 2 aliphatic heterocycles. The molecule has 0 aromatic carbocycles. The fourth-order valence-corrected chi connectivity index (χ4v) is 4.43. The Balaban J connectivity index is 2.24. The van der Waals surface area contributed by atoms with Crippen LogP contribution in [0.15, 0.2) is 0 Å². The number of rotatable bonds is 0. The van der Waals surface area contributed by atoms with Crippen molar-refractivity contribution >= 4 is 9.84 Å². The molecule has 0 N–H and O–H groups in total. The molecule has 2 heterocycles. The van der Waals surface area contributed by atoms with Gasteiger partial charge >= 0.3 is 0 Å². The zero-order valence-electron chi connectivity index (χ0n) is 8.10. The van der Waals surface area contributed by atoms with E-state index in [1.165, 1.54) is 0 Å². The lowest BCUT2D eigenvalue weighted by molar-refractivity contribution is 0.0831. The Morgan fingerprint density at radius 2 is 1.38 bits per heavy atom. The van der Waals surface area contributed by atoms with E-state index in [9.17, 15) is 8.42 Å². The summed E-state index contributed by atoms with van der Waals surface area (Å²) in [6, 6.07) is 0.451. The van der Waals surface area contributed by atoms with E-state index < -0.39 is 9.84 Å². The molecule has 2 aliphatic rings. The quantitative estimate of drug-likeness (QED) is 0.509. The molecule has 0 radical (unpaired) electrons. The predicted molar refractivity (Wildman–Crippen MR) is 51.5 cm³/mol. The lowest BCUT2D eigenvalue weighted by atomic mass is 10.1. The van der Waals surface area contributed by atoms with Gasteiger partial charge in [0.05, 0.1) is 11.5 Å². The third kappa shape index (κ3) is 1.60. The van der Waals surface area contributed by atoms with Crippen molar-refractivity contribution < 1.29 is 8.42 Å². The van der Waals surface area contributed by atoms with E-state index in [1.807, 2.05) is 14.1 Å². The van der Waals surface area contributed by atoms with Crippen LogP contribution in [-0.4, -0.2) is 69.0 Å². The molecule has 2 atom stereocenters. The highest BCUT2D eigenvalue weighted by Gasteiger charge is 2.43. The maximum atomic E-state index is 11.4. The van der Waals surface area contributed by atoms with E-state index in [0.717, 1.165) is 13.1 Å². The molecule has 4 nitrogen and oxygen atoms in total. The highest BCUT2D eigenvalue weighted by molar-refractivity contribution is 7.91. The number of likely N-dealkylation sites (N-methyl/N-ethyl adjacent to an activating group) is 2. The van der Waals surface area contributed by atoms with Crippen molar-refractivity contribution in [1.29, 1.82) is 0 Å². The topological polar surface area (TPSA) is 40.6 Å². The average molecular weight is 204 g/mol. The lowest BCUT2D eigenvalue weighted by Gasteiger charge is -2.40. The van der Waals surface area contributed by atoms with E-state index in [4.69, 9.17) is 0 Å². The average Bonchev–Trinajstić information content (AvgIpc) is 2.35. The molecule has 13 heavy (non-hydrogen) atoms.